The minimum Gasteiger partial charge on any atom is -0.350 e. The summed E-state index contributed by atoms with van der Waals surface area (Å²) >= 11 is 0. The molecule has 0 saturated carbocycles. The number of carbonyl (C=O) groups excluding carboxylic acids is 1. The van der Waals surface area contributed by atoms with Gasteiger partial charge in [0.05, 0.1) is 5.39 Å². The maximum absolute atomic E-state index is 13.1. The fourth-order valence-corrected chi connectivity index (χ4v) is 4.81. The molecule has 1 saturated heterocycles. The van der Waals surface area contributed by atoms with Crippen molar-refractivity contribution < 1.29 is 22.8 Å². The van der Waals surface area contributed by atoms with E-state index in [9.17, 15) is 18.0 Å². The Balaban J connectivity index is 1.52. The number of aromatic nitrogens is 3. The van der Waals surface area contributed by atoms with E-state index in [4.69, 9.17) is 9.57 Å². The van der Waals surface area contributed by atoms with Gasteiger partial charge in [-0.2, -0.15) is 0 Å². The Hall–Kier alpha value is -3.15. The second-order valence-electron chi connectivity index (χ2n) is 9.31. The molecule has 192 valence electrons. The average molecular weight is 515 g/mol. The van der Waals surface area contributed by atoms with Gasteiger partial charge in [-0.05, 0) is 56.4 Å². The van der Waals surface area contributed by atoms with Crippen molar-refractivity contribution in [3.63, 3.8) is 0 Å². The number of hydroxylamine groups is 1. The standard InChI is InChI=1S/C25H30N4O6S/c1-17-7-9-18(10-8-17)19-11-12-20-21(16-19)26-28-29(23(20)30)14-13-25(2,36(3,32)33)24(31)27-35-22-6-4-5-15-34-22/h7-12,16,22H,4-6,13-15H2,1-3H3,(H,27,31)/t22?,25-/m1/s1. The second kappa shape index (κ2) is 10.5. The van der Waals surface area contributed by atoms with Crippen molar-refractivity contribution in [2.24, 2.45) is 0 Å². The highest BCUT2D eigenvalue weighted by atomic mass is 32.2. The van der Waals surface area contributed by atoms with Crippen LogP contribution in [-0.2, 0) is 30.8 Å². The van der Waals surface area contributed by atoms with Crippen LogP contribution in [-0.4, -0.2) is 53.2 Å². The lowest BCUT2D eigenvalue weighted by Gasteiger charge is -2.28. The molecule has 36 heavy (non-hydrogen) atoms. The molecular weight excluding hydrogens is 484 g/mol. The molecule has 2 heterocycles. The molecule has 1 aromatic heterocycles. The summed E-state index contributed by atoms with van der Waals surface area (Å²) in [6.45, 7) is 3.70. The SMILES string of the molecule is Cc1ccc(-c2ccc3c(=O)n(CC[C@](C)(C(=O)NOC4CCCCO4)S(C)(=O)=O)nnc3c2)cc1. The monoisotopic (exact) mass is 514 g/mol. The van der Waals surface area contributed by atoms with Crippen molar-refractivity contribution in [2.45, 2.75) is 57.1 Å². The topological polar surface area (TPSA) is 129 Å². The van der Waals surface area contributed by atoms with Crippen LogP contribution >= 0.6 is 0 Å². The molecule has 2 aromatic carbocycles. The summed E-state index contributed by atoms with van der Waals surface area (Å²) in [5, 5.41) is 8.52. The van der Waals surface area contributed by atoms with Gasteiger partial charge < -0.3 is 4.74 Å². The number of hydrogen-bond acceptors (Lipinski definition) is 8. The Kier molecular flexibility index (Phi) is 7.53. The van der Waals surface area contributed by atoms with Crippen LogP contribution in [0.2, 0.25) is 0 Å². The molecule has 2 atom stereocenters. The van der Waals surface area contributed by atoms with Crippen LogP contribution in [0.3, 0.4) is 0 Å². The van der Waals surface area contributed by atoms with Gasteiger partial charge in [-0.3, -0.25) is 9.59 Å². The van der Waals surface area contributed by atoms with E-state index in [1.54, 1.807) is 12.1 Å². The molecule has 1 fully saturated rings. The van der Waals surface area contributed by atoms with Gasteiger partial charge in [-0.25, -0.2) is 23.4 Å². The summed E-state index contributed by atoms with van der Waals surface area (Å²) < 4.78 is 29.8. The van der Waals surface area contributed by atoms with Crippen LogP contribution < -0.4 is 11.0 Å². The summed E-state index contributed by atoms with van der Waals surface area (Å²) in [6.07, 6.45) is 2.55. The molecule has 3 aromatic rings. The Morgan fingerprint density at radius 1 is 1.19 bits per heavy atom. The smallest absolute Gasteiger partial charge is 0.277 e. The quantitative estimate of drug-likeness (QED) is 0.454. The van der Waals surface area contributed by atoms with Crippen LogP contribution in [0.5, 0.6) is 0 Å². The van der Waals surface area contributed by atoms with E-state index in [2.05, 4.69) is 15.8 Å². The third kappa shape index (κ3) is 5.48. The molecule has 1 aliphatic rings. The maximum atomic E-state index is 13.1. The van der Waals surface area contributed by atoms with E-state index in [1.165, 1.54) is 6.92 Å². The zero-order chi connectivity index (χ0) is 25.9. The number of nitrogens with one attached hydrogen (secondary N) is 1. The van der Waals surface area contributed by atoms with Crippen molar-refractivity contribution in [3.8, 4) is 11.1 Å². The molecule has 11 heteroatoms. The van der Waals surface area contributed by atoms with Gasteiger partial charge in [-0.15, -0.1) is 5.10 Å². The van der Waals surface area contributed by atoms with E-state index in [1.807, 2.05) is 37.3 Å². The van der Waals surface area contributed by atoms with Crippen molar-refractivity contribution in [1.82, 2.24) is 20.5 Å². The number of ether oxygens (including phenoxy) is 1. The van der Waals surface area contributed by atoms with Crippen LogP contribution in [0.1, 0.15) is 38.2 Å². The highest BCUT2D eigenvalue weighted by Gasteiger charge is 2.44. The third-order valence-corrected chi connectivity index (χ3v) is 8.65. The molecule has 0 radical (unpaired) electrons. The molecule has 1 N–H and O–H groups in total. The third-order valence-electron chi connectivity index (χ3n) is 6.63. The van der Waals surface area contributed by atoms with E-state index >= 15 is 0 Å². The lowest BCUT2D eigenvalue weighted by molar-refractivity contribution is -0.201. The van der Waals surface area contributed by atoms with Gasteiger partial charge >= 0.3 is 0 Å². The van der Waals surface area contributed by atoms with Crippen LogP contribution in [0.4, 0.5) is 0 Å². The summed E-state index contributed by atoms with van der Waals surface area (Å²) in [6, 6.07) is 13.3. The largest absolute Gasteiger partial charge is 0.350 e. The van der Waals surface area contributed by atoms with Crippen LogP contribution in [0.15, 0.2) is 47.3 Å². The number of benzene rings is 2. The summed E-state index contributed by atoms with van der Waals surface area (Å²) in [5.74, 6) is -0.830. The van der Waals surface area contributed by atoms with Gasteiger partial charge in [0.25, 0.3) is 11.5 Å². The Morgan fingerprint density at radius 3 is 2.58 bits per heavy atom. The number of rotatable bonds is 8. The number of amides is 1. The zero-order valence-corrected chi connectivity index (χ0v) is 21.4. The minimum absolute atomic E-state index is 0.127. The molecular formula is C25H30N4O6S. The fourth-order valence-electron chi connectivity index (χ4n) is 3.97. The highest BCUT2D eigenvalue weighted by Crippen LogP contribution is 2.24. The first kappa shape index (κ1) is 25.9. The molecule has 4 rings (SSSR count). The van der Waals surface area contributed by atoms with Gasteiger partial charge in [0.1, 0.15) is 5.52 Å². The molecule has 1 amide bonds. The summed E-state index contributed by atoms with van der Waals surface area (Å²) in [5.41, 5.74) is 5.28. The number of carbonyl (C=O) groups is 1. The first-order valence-electron chi connectivity index (χ1n) is 11.8. The normalized spacial score (nSPS) is 18.0. The summed E-state index contributed by atoms with van der Waals surface area (Å²) in [4.78, 5) is 31.2. The lowest BCUT2D eigenvalue weighted by atomic mass is 10.0. The first-order valence-corrected chi connectivity index (χ1v) is 13.7. The van der Waals surface area contributed by atoms with Gasteiger partial charge in [-0.1, -0.05) is 41.1 Å². The maximum Gasteiger partial charge on any atom is 0.277 e. The fraction of sp³-hybridized carbons (Fsp3) is 0.440. The molecule has 1 aliphatic heterocycles. The van der Waals surface area contributed by atoms with E-state index in [0.29, 0.717) is 23.9 Å². The highest BCUT2D eigenvalue weighted by molar-refractivity contribution is 7.92. The minimum atomic E-state index is -3.88. The van der Waals surface area contributed by atoms with E-state index in [-0.39, 0.29) is 13.0 Å². The van der Waals surface area contributed by atoms with E-state index < -0.39 is 32.3 Å². The predicted molar refractivity (Wildman–Crippen MR) is 135 cm³/mol. The zero-order valence-electron chi connectivity index (χ0n) is 20.6. The lowest BCUT2D eigenvalue weighted by Crippen LogP contribution is -2.51. The number of fused-ring (bicyclic) bond motifs is 1. The van der Waals surface area contributed by atoms with Gasteiger partial charge in [0.2, 0.25) is 0 Å². The number of sulfone groups is 1. The predicted octanol–water partition coefficient (Wildman–Crippen LogP) is 2.53. The molecule has 0 spiro atoms. The molecule has 0 bridgehead atoms. The van der Waals surface area contributed by atoms with E-state index in [0.717, 1.165) is 40.5 Å². The Morgan fingerprint density at radius 2 is 1.92 bits per heavy atom. The van der Waals surface area contributed by atoms with Crippen molar-refractivity contribution >= 4 is 26.6 Å². The van der Waals surface area contributed by atoms with Gasteiger partial charge in [0, 0.05) is 25.8 Å². The average Bonchev–Trinajstić information content (AvgIpc) is 2.87. The molecule has 10 nitrogen and oxygen atoms in total. The molecule has 1 unspecified atom stereocenters. The first-order chi connectivity index (χ1) is 17.1. The van der Waals surface area contributed by atoms with Gasteiger partial charge in [0.15, 0.2) is 20.9 Å². The Bertz CT molecular complexity index is 1410. The Labute approximate surface area is 209 Å². The number of hydrogen-bond donors (Lipinski definition) is 1. The van der Waals surface area contributed by atoms with Crippen molar-refractivity contribution in [3.05, 3.63) is 58.4 Å². The molecule has 0 aliphatic carbocycles. The number of aryl methyl sites for hydroxylation is 2. The number of nitrogens with zero attached hydrogens (tertiary/aromatic N) is 3. The van der Waals surface area contributed by atoms with Crippen molar-refractivity contribution in [1.29, 1.82) is 0 Å². The summed E-state index contributed by atoms with van der Waals surface area (Å²) in [7, 11) is -3.88. The van der Waals surface area contributed by atoms with Crippen LogP contribution in [0.25, 0.3) is 22.0 Å². The second-order valence-corrected chi connectivity index (χ2v) is 11.8. The van der Waals surface area contributed by atoms with Crippen LogP contribution in [0, 0.1) is 6.92 Å². The van der Waals surface area contributed by atoms with Crippen molar-refractivity contribution in [2.75, 3.05) is 12.9 Å².